The summed E-state index contributed by atoms with van der Waals surface area (Å²) in [6.45, 7) is 0.327. The highest BCUT2D eigenvalue weighted by atomic mass is 32.2. The van der Waals surface area contributed by atoms with Crippen molar-refractivity contribution in [2.45, 2.75) is 16.3 Å². The van der Waals surface area contributed by atoms with Crippen LogP contribution >= 0.6 is 11.8 Å². The van der Waals surface area contributed by atoms with Crippen LogP contribution in [0.15, 0.2) is 99.8 Å². The van der Waals surface area contributed by atoms with Gasteiger partial charge in [-0.25, -0.2) is 9.97 Å². The molecule has 6 aromatic rings. The Labute approximate surface area is 203 Å². The predicted octanol–water partition coefficient (Wildman–Crippen LogP) is 5.62. The average molecular weight is 480 g/mol. The Kier molecular flexibility index (Phi) is 4.66. The third-order valence-corrected chi connectivity index (χ3v) is 6.71. The summed E-state index contributed by atoms with van der Waals surface area (Å²) >= 11 is 1.37. The van der Waals surface area contributed by atoms with Gasteiger partial charge >= 0.3 is 0 Å². The molecule has 3 aromatic heterocycles. The van der Waals surface area contributed by atoms with Gasteiger partial charge in [0.05, 0.1) is 0 Å². The Hall–Kier alpha value is -4.37. The highest BCUT2D eigenvalue weighted by molar-refractivity contribution is 7.99. The monoisotopic (exact) mass is 479 g/mol. The molecule has 0 saturated heterocycles. The highest BCUT2D eigenvalue weighted by Gasteiger charge is 2.30. The second kappa shape index (κ2) is 8.14. The molecule has 0 aliphatic carbocycles. The van der Waals surface area contributed by atoms with E-state index in [-0.39, 0.29) is 0 Å². The fourth-order valence-electron chi connectivity index (χ4n) is 4.18. The molecule has 8 nitrogen and oxygen atoms in total. The maximum absolute atomic E-state index is 6.25. The first-order valence-electron chi connectivity index (χ1n) is 11.0. The van der Waals surface area contributed by atoms with Crippen molar-refractivity contribution in [3.05, 3.63) is 91.0 Å². The molecule has 3 aromatic carbocycles. The predicted molar refractivity (Wildman–Crippen MR) is 130 cm³/mol. The maximum atomic E-state index is 6.25. The quantitative estimate of drug-likeness (QED) is 0.301. The lowest BCUT2D eigenvalue weighted by molar-refractivity contribution is 0.0835. The SMILES string of the molecule is c1ccc(-n2c(Sc3ncnc4c3oc3ccccc34)nnc2[C@@H]2COc3ccccc3O2)cc1. The molecule has 1 aliphatic heterocycles. The van der Waals surface area contributed by atoms with Crippen LogP contribution in [0.2, 0.25) is 0 Å². The smallest absolute Gasteiger partial charge is 0.202 e. The molecule has 9 heteroatoms. The van der Waals surface area contributed by atoms with E-state index >= 15 is 0 Å². The summed E-state index contributed by atoms with van der Waals surface area (Å²) < 4.78 is 20.3. The van der Waals surface area contributed by atoms with Gasteiger partial charge in [0.15, 0.2) is 34.0 Å². The molecule has 0 bridgehead atoms. The van der Waals surface area contributed by atoms with Crippen molar-refractivity contribution in [3.8, 4) is 17.2 Å². The third-order valence-electron chi connectivity index (χ3n) is 5.78. The summed E-state index contributed by atoms with van der Waals surface area (Å²) in [4.78, 5) is 8.96. The van der Waals surface area contributed by atoms with E-state index in [9.17, 15) is 0 Å². The molecule has 0 amide bonds. The lowest BCUT2D eigenvalue weighted by Crippen LogP contribution is -2.24. The van der Waals surface area contributed by atoms with Gasteiger partial charge in [0.1, 0.15) is 24.0 Å². The van der Waals surface area contributed by atoms with Crippen LogP contribution in [-0.4, -0.2) is 31.3 Å². The van der Waals surface area contributed by atoms with Gasteiger partial charge in [0, 0.05) is 11.1 Å². The molecule has 0 unspecified atom stereocenters. The maximum Gasteiger partial charge on any atom is 0.202 e. The van der Waals surface area contributed by atoms with E-state index in [0.717, 1.165) is 27.9 Å². The zero-order chi connectivity index (χ0) is 23.2. The standard InChI is InChI=1S/C26H17N5O3S/c1-2-8-16(9-3-1)31-24(21-14-32-19-12-6-7-13-20(19)33-21)29-30-26(31)35-25-23-22(27-15-28-25)17-10-4-5-11-18(17)34-23/h1-13,15,21H,14H2/t21-/m0/s1. The van der Waals surface area contributed by atoms with Crippen molar-refractivity contribution in [2.75, 3.05) is 6.61 Å². The summed E-state index contributed by atoms with van der Waals surface area (Å²) in [5, 5.41) is 11.3. The van der Waals surface area contributed by atoms with Gasteiger partial charge in [0.25, 0.3) is 0 Å². The molecule has 0 spiro atoms. The number of nitrogens with zero attached hydrogens (tertiary/aromatic N) is 5. The number of fused-ring (bicyclic) bond motifs is 4. The van der Waals surface area contributed by atoms with Gasteiger partial charge in [-0.1, -0.05) is 42.5 Å². The van der Waals surface area contributed by atoms with Gasteiger partial charge in [0.2, 0.25) is 5.16 Å². The minimum absolute atomic E-state index is 0.327. The van der Waals surface area contributed by atoms with Crippen molar-refractivity contribution in [1.29, 1.82) is 0 Å². The number of hydrogen-bond acceptors (Lipinski definition) is 8. The Morgan fingerprint density at radius 1 is 0.829 bits per heavy atom. The van der Waals surface area contributed by atoms with Crippen LogP contribution in [0.5, 0.6) is 11.5 Å². The Morgan fingerprint density at radius 2 is 1.63 bits per heavy atom. The van der Waals surface area contributed by atoms with E-state index in [1.807, 2.05) is 83.4 Å². The molecule has 35 heavy (non-hydrogen) atoms. The van der Waals surface area contributed by atoms with Crippen LogP contribution in [0, 0.1) is 0 Å². The van der Waals surface area contributed by atoms with Crippen LogP contribution in [0.3, 0.4) is 0 Å². The molecule has 0 N–H and O–H groups in total. The Morgan fingerprint density at radius 3 is 2.54 bits per heavy atom. The van der Waals surface area contributed by atoms with E-state index in [1.165, 1.54) is 11.8 Å². The first-order chi connectivity index (χ1) is 17.3. The molecule has 1 aliphatic rings. The van der Waals surface area contributed by atoms with Crippen LogP contribution in [0.1, 0.15) is 11.9 Å². The second-order valence-electron chi connectivity index (χ2n) is 7.93. The van der Waals surface area contributed by atoms with Crippen LogP contribution in [0.4, 0.5) is 0 Å². The molecule has 0 saturated carbocycles. The molecule has 7 rings (SSSR count). The molecular formula is C26H17N5O3S. The van der Waals surface area contributed by atoms with E-state index in [2.05, 4.69) is 20.2 Å². The van der Waals surface area contributed by atoms with Crippen LogP contribution < -0.4 is 9.47 Å². The van der Waals surface area contributed by atoms with Crippen molar-refractivity contribution < 1.29 is 13.9 Å². The Bertz CT molecular complexity index is 1680. The molecule has 170 valence electrons. The number of rotatable bonds is 4. The summed E-state index contributed by atoms with van der Waals surface area (Å²) in [5.74, 6) is 2.04. The largest absolute Gasteiger partial charge is 0.485 e. The number of para-hydroxylation sites is 4. The summed E-state index contributed by atoms with van der Waals surface area (Å²) in [5.41, 5.74) is 3.06. The van der Waals surface area contributed by atoms with Crippen molar-refractivity contribution >= 4 is 33.8 Å². The van der Waals surface area contributed by atoms with E-state index in [4.69, 9.17) is 13.9 Å². The summed E-state index contributed by atoms with van der Waals surface area (Å²) in [6.07, 6.45) is 1.12. The minimum atomic E-state index is -0.427. The molecule has 0 radical (unpaired) electrons. The lowest BCUT2D eigenvalue weighted by Gasteiger charge is -2.26. The van der Waals surface area contributed by atoms with Crippen LogP contribution in [-0.2, 0) is 0 Å². The summed E-state index contributed by atoms with van der Waals surface area (Å²) in [7, 11) is 0. The zero-order valence-corrected chi connectivity index (χ0v) is 19.1. The number of furan rings is 1. The fraction of sp³-hybridized carbons (Fsp3) is 0.0769. The van der Waals surface area contributed by atoms with E-state index < -0.39 is 6.10 Å². The summed E-state index contributed by atoms with van der Waals surface area (Å²) in [6, 6.07) is 25.4. The zero-order valence-electron chi connectivity index (χ0n) is 18.2. The van der Waals surface area contributed by atoms with Gasteiger partial charge in [-0.2, -0.15) is 0 Å². The highest BCUT2D eigenvalue weighted by Crippen LogP contribution is 2.39. The normalized spacial score (nSPS) is 15.0. The topological polar surface area (TPSA) is 88.1 Å². The lowest BCUT2D eigenvalue weighted by atomic mass is 10.2. The van der Waals surface area contributed by atoms with Gasteiger partial charge in [-0.15, -0.1) is 10.2 Å². The second-order valence-corrected chi connectivity index (χ2v) is 8.89. The minimum Gasteiger partial charge on any atom is -0.485 e. The van der Waals surface area contributed by atoms with E-state index in [0.29, 0.717) is 33.9 Å². The van der Waals surface area contributed by atoms with Gasteiger partial charge in [-0.05, 0) is 48.2 Å². The van der Waals surface area contributed by atoms with Crippen molar-refractivity contribution in [3.63, 3.8) is 0 Å². The number of aromatic nitrogens is 5. The van der Waals surface area contributed by atoms with Gasteiger partial charge in [-0.3, -0.25) is 4.57 Å². The fourth-order valence-corrected chi connectivity index (χ4v) is 5.06. The third kappa shape index (κ3) is 3.39. The number of benzene rings is 3. The molecule has 0 fully saturated rings. The first-order valence-corrected chi connectivity index (χ1v) is 11.9. The molecule has 4 heterocycles. The van der Waals surface area contributed by atoms with Crippen LogP contribution in [0.25, 0.3) is 27.8 Å². The van der Waals surface area contributed by atoms with Gasteiger partial charge < -0.3 is 13.9 Å². The number of hydrogen-bond donors (Lipinski definition) is 0. The average Bonchev–Trinajstić information content (AvgIpc) is 3.51. The van der Waals surface area contributed by atoms with Crippen molar-refractivity contribution in [1.82, 2.24) is 24.7 Å². The van der Waals surface area contributed by atoms with E-state index in [1.54, 1.807) is 6.33 Å². The first kappa shape index (κ1) is 20.0. The number of ether oxygens (including phenoxy) is 2. The molecule has 1 atom stereocenters. The Balaban J connectivity index is 1.33. The molecular weight excluding hydrogens is 462 g/mol. The van der Waals surface area contributed by atoms with Crippen molar-refractivity contribution in [2.24, 2.45) is 0 Å².